The first-order valence-electron chi connectivity index (χ1n) is 7.77. The van der Waals surface area contributed by atoms with Crippen LogP contribution in [0.3, 0.4) is 0 Å². The van der Waals surface area contributed by atoms with Crippen LogP contribution in [-0.2, 0) is 13.1 Å². The molecule has 1 aliphatic heterocycles. The van der Waals surface area contributed by atoms with Crippen LogP contribution in [0.4, 0.5) is 0 Å². The van der Waals surface area contributed by atoms with Gasteiger partial charge in [0.25, 0.3) is 0 Å². The second kappa shape index (κ2) is 6.22. The van der Waals surface area contributed by atoms with Crippen LogP contribution in [0, 0.1) is 5.92 Å². The lowest BCUT2D eigenvalue weighted by Crippen LogP contribution is -2.61. The van der Waals surface area contributed by atoms with Crippen molar-refractivity contribution in [2.75, 3.05) is 13.1 Å². The zero-order chi connectivity index (χ0) is 14.8. The standard InChI is InChI=1S/C15H29N5/c1-6-20-14(17-11-18-20)9-19-8-13(7-12(2)3)16-10-15(19,4)5/h11-13,16H,6-10H2,1-5H3. The Labute approximate surface area is 122 Å². The number of nitrogens with zero attached hydrogens (tertiary/aromatic N) is 4. The molecule has 2 heterocycles. The number of nitrogens with one attached hydrogen (secondary N) is 1. The van der Waals surface area contributed by atoms with Gasteiger partial charge in [-0.3, -0.25) is 4.90 Å². The minimum atomic E-state index is 0.165. The molecule has 1 aromatic rings. The molecular weight excluding hydrogens is 250 g/mol. The van der Waals surface area contributed by atoms with E-state index in [2.05, 4.69) is 54.9 Å². The zero-order valence-electron chi connectivity index (χ0n) is 13.6. The van der Waals surface area contributed by atoms with Gasteiger partial charge >= 0.3 is 0 Å². The molecule has 0 aromatic carbocycles. The summed E-state index contributed by atoms with van der Waals surface area (Å²) in [5.41, 5.74) is 0.165. The van der Waals surface area contributed by atoms with E-state index in [9.17, 15) is 0 Å². The number of aromatic nitrogens is 3. The van der Waals surface area contributed by atoms with Crippen molar-refractivity contribution in [3.05, 3.63) is 12.2 Å². The van der Waals surface area contributed by atoms with Crippen LogP contribution in [-0.4, -0.2) is 44.3 Å². The van der Waals surface area contributed by atoms with Gasteiger partial charge in [-0.25, -0.2) is 9.67 Å². The van der Waals surface area contributed by atoms with Gasteiger partial charge in [0.2, 0.25) is 0 Å². The van der Waals surface area contributed by atoms with Crippen LogP contribution in [0.2, 0.25) is 0 Å². The van der Waals surface area contributed by atoms with Gasteiger partial charge in [-0.05, 0) is 33.1 Å². The van der Waals surface area contributed by atoms with Crippen LogP contribution in [0.5, 0.6) is 0 Å². The van der Waals surface area contributed by atoms with Crippen molar-refractivity contribution in [3.63, 3.8) is 0 Å². The van der Waals surface area contributed by atoms with Gasteiger partial charge in [0.15, 0.2) is 0 Å². The molecule has 2 rings (SSSR count). The quantitative estimate of drug-likeness (QED) is 0.894. The number of hydrogen-bond donors (Lipinski definition) is 1. The van der Waals surface area contributed by atoms with Crippen LogP contribution >= 0.6 is 0 Å². The van der Waals surface area contributed by atoms with Gasteiger partial charge in [-0.15, -0.1) is 0 Å². The maximum absolute atomic E-state index is 4.42. The van der Waals surface area contributed by atoms with E-state index in [-0.39, 0.29) is 5.54 Å². The lowest BCUT2D eigenvalue weighted by molar-refractivity contribution is 0.0500. The summed E-state index contributed by atoms with van der Waals surface area (Å²) < 4.78 is 2.00. The van der Waals surface area contributed by atoms with Crippen LogP contribution in [0.1, 0.15) is 46.9 Å². The lowest BCUT2D eigenvalue weighted by Gasteiger charge is -2.46. The van der Waals surface area contributed by atoms with Gasteiger partial charge in [0.05, 0.1) is 6.54 Å². The van der Waals surface area contributed by atoms with Crippen LogP contribution in [0.25, 0.3) is 0 Å². The number of aryl methyl sites for hydroxylation is 1. The van der Waals surface area contributed by atoms with Gasteiger partial charge in [0, 0.05) is 31.2 Å². The largest absolute Gasteiger partial charge is 0.311 e. The molecule has 1 saturated heterocycles. The number of rotatable bonds is 5. The monoisotopic (exact) mass is 279 g/mol. The molecule has 5 nitrogen and oxygen atoms in total. The van der Waals surface area contributed by atoms with Crippen molar-refractivity contribution in [2.24, 2.45) is 5.92 Å². The molecule has 1 atom stereocenters. The molecule has 0 bridgehead atoms. The van der Waals surface area contributed by atoms with E-state index in [0.717, 1.165) is 37.9 Å². The molecular formula is C15H29N5. The summed E-state index contributed by atoms with van der Waals surface area (Å²) in [4.78, 5) is 6.97. The molecule has 1 unspecified atom stereocenters. The molecule has 0 amide bonds. The molecule has 0 radical (unpaired) electrons. The van der Waals surface area contributed by atoms with Crippen LogP contribution < -0.4 is 5.32 Å². The van der Waals surface area contributed by atoms with Gasteiger partial charge < -0.3 is 5.32 Å². The smallest absolute Gasteiger partial charge is 0.141 e. The summed E-state index contributed by atoms with van der Waals surface area (Å²) in [7, 11) is 0. The Bertz CT molecular complexity index is 424. The number of hydrogen-bond acceptors (Lipinski definition) is 4. The highest BCUT2D eigenvalue weighted by Crippen LogP contribution is 2.23. The summed E-state index contributed by atoms with van der Waals surface area (Å²) in [5.74, 6) is 1.81. The predicted octanol–water partition coefficient (Wildman–Crippen LogP) is 1.90. The fourth-order valence-electron chi connectivity index (χ4n) is 2.93. The maximum Gasteiger partial charge on any atom is 0.141 e. The highest BCUT2D eigenvalue weighted by Gasteiger charge is 2.34. The van der Waals surface area contributed by atoms with Crippen molar-refractivity contribution in [1.29, 1.82) is 0 Å². The molecule has 1 aliphatic rings. The molecule has 1 aromatic heterocycles. The van der Waals surface area contributed by atoms with E-state index in [4.69, 9.17) is 0 Å². The highest BCUT2D eigenvalue weighted by atomic mass is 15.4. The first-order chi connectivity index (χ1) is 9.42. The first kappa shape index (κ1) is 15.4. The van der Waals surface area contributed by atoms with Gasteiger partial charge in [-0.1, -0.05) is 13.8 Å². The Morgan fingerprint density at radius 2 is 2.20 bits per heavy atom. The summed E-state index contributed by atoms with van der Waals surface area (Å²) in [6.07, 6.45) is 2.90. The van der Waals surface area contributed by atoms with E-state index in [1.54, 1.807) is 6.33 Å². The van der Waals surface area contributed by atoms with Crippen molar-refractivity contribution >= 4 is 0 Å². The summed E-state index contributed by atoms with van der Waals surface area (Å²) in [6, 6.07) is 0.584. The summed E-state index contributed by atoms with van der Waals surface area (Å²) in [5, 5.41) is 7.97. The average Bonchev–Trinajstić information content (AvgIpc) is 2.80. The molecule has 0 aliphatic carbocycles. The Kier molecular flexibility index (Phi) is 4.81. The van der Waals surface area contributed by atoms with E-state index in [1.165, 1.54) is 6.42 Å². The summed E-state index contributed by atoms with van der Waals surface area (Å²) in [6.45, 7) is 15.2. The van der Waals surface area contributed by atoms with E-state index in [1.807, 2.05) is 4.68 Å². The molecule has 20 heavy (non-hydrogen) atoms. The Morgan fingerprint density at radius 1 is 1.45 bits per heavy atom. The first-order valence-corrected chi connectivity index (χ1v) is 7.77. The fourth-order valence-corrected chi connectivity index (χ4v) is 2.93. The molecule has 1 N–H and O–H groups in total. The van der Waals surface area contributed by atoms with Crippen molar-refractivity contribution in [2.45, 2.75) is 65.7 Å². The van der Waals surface area contributed by atoms with E-state index in [0.29, 0.717) is 6.04 Å². The third-order valence-corrected chi connectivity index (χ3v) is 4.20. The zero-order valence-corrected chi connectivity index (χ0v) is 13.6. The second-order valence-corrected chi connectivity index (χ2v) is 6.89. The maximum atomic E-state index is 4.42. The van der Waals surface area contributed by atoms with Crippen LogP contribution in [0.15, 0.2) is 6.33 Å². The minimum Gasteiger partial charge on any atom is -0.311 e. The normalized spacial score (nSPS) is 23.4. The van der Waals surface area contributed by atoms with Gasteiger partial charge in [0.1, 0.15) is 12.2 Å². The second-order valence-electron chi connectivity index (χ2n) is 6.89. The highest BCUT2D eigenvalue weighted by molar-refractivity contribution is 4.96. The van der Waals surface area contributed by atoms with Crippen molar-refractivity contribution in [1.82, 2.24) is 25.0 Å². The number of piperazine rings is 1. The van der Waals surface area contributed by atoms with Crippen molar-refractivity contribution < 1.29 is 0 Å². The fraction of sp³-hybridized carbons (Fsp3) is 0.867. The van der Waals surface area contributed by atoms with E-state index < -0.39 is 0 Å². The SMILES string of the molecule is CCn1ncnc1CN1CC(CC(C)C)NCC1(C)C. The molecule has 114 valence electrons. The Morgan fingerprint density at radius 3 is 2.85 bits per heavy atom. The Balaban J connectivity index is 2.06. The molecule has 0 spiro atoms. The van der Waals surface area contributed by atoms with Gasteiger partial charge in [-0.2, -0.15) is 5.10 Å². The molecule has 1 fully saturated rings. The lowest BCUT2D eigenvalue weighted by atomic mass is 9.93. The molecule has 0 saturated carbocycles. The predicted molar refractivity (Wildman–Crippen MR) is 81.4 cm³/mol. The third-order valence-electron chi connectivity index (χ3n) is 4.20. The van der Waals surface area contributed by atoms with E-state index >= 15 is 0 Å². The topological polar surface area (TPSA) is 46.0 Å². The van der Waals surface area contributed by atoms with Crippen molar-refractivity contribution in [3.8, 4) is 0 Å². The molecule has 5 heteroatoms. The third kappa shape index (κ3) is 3.58. The average molecular weight is 279 g/mol. The Hall–Kier alpha value is -0.940. The summed E-state index contributed by atoms with van der Waals surface area (Å²) >= 11 is 0. The minimum absolute atomic E-state index is 0.165.